The maximum Gasteiger partial charge on any atom is 0.0608 e. The molecule has 2 heteroatoms. The molecule has 0 bridgehead atoms. The first-order valence-corrected chi connectivity index (χ1v) is 6.36. The molecule has 1 aromatic carbocycles. The predicted octanol–water partition coefficient (Wildman–Crippen LogP) is 3.04. The summed E-state index contributed by atoms with van der Waals surface area (Å²) in [5.74, 6) is 0.377. The minimum atomic E-state index is -0.118. The van der Waals surface area contributed by atoms with Crippen molar-refractivity contribution >= 4 is 11.8 Å². The Morgan fingerprint density at radius 2 is 2.21 bits per heavy atom. The Morgan fingerprint density at radius 3 is 2.86 bits per heavy atom. The molecule has 1 saturated carbocycles. The minimum absolute atomic E-state index is 0.118. The summed E-state index contributed by atoms with van der Waals surface area (Å²) in [6.45, 7) is 0. The summed E-state index contributed by atoms with van der Waals surface area (Å²) < 4.78 is 0. The number of rotatable bonds is 2. The maximum atomic E-state index is 9.80. The molecule has 2 rings (SSSR count). The van der Waals surface area contributed by atoms with E-state index >= 15 is 0 Å². The minimum Gasteiger partial charge on any atom is -0.392 e. The molecule has 1 aliphatic carbocycles. The molecule has 0 unspecified atom stereocenters. The van der Waals surface area contributed by atoms with Crippen LogP contribution in [-0.2, 0) is 0 Å². The highest BCUT2D eigenvalue weighted by Gasteiger charge is 2.26. The van der Waals surface area contributed by atoms with Gasteiger partial charge < -0.3 is 5.11 Å². The first-order chi connectivity index (χ1) is 6.81. The molecule has 2 atom stereocenters. The van der Waals surface area contributed by atoms with E-state index < -0.39 is 0 Å². The number of hydrogen-bond donors (Lipinski definition) is 1. The van der Waals surface area contributed by atoms with Crippen LogP contribution in [0.15, 0.2) is 29.2 Å². The topological polar surface area (TPSA) is 20.2 Å². The molecular weight excluding hydrogens is 192 g/mol. The maximum absolute atomic E-state index is 9.80. The van der Waals surface area contributed by atoms with Crippen molar-refractivity contribution in [1.82, 2.24) is 0 Å². The predicted molar refractivity (Wildman–Crippen MR) is 60.8 cm³/mol. The van der Waals surface area contributed by atoms with Gasteiger partial charge in [-0.2, -0.15) is 0 Å². The average molecular weight is 208 g/mol. The molecule has 0 radical (unpaired) electrons. The van der Waals surface area contributed by atoms with E-state index in [9.17, 15) is 5.11 Å². The highest BCUT2D eigenvalue weighted by atomic mass is 32.2. The van der Waals surface area contributed by atoms with Gasteiger partial charge in [0.25, 0.3) is 0 Å². The van der Waals surface area contributed by atoms with Crippen molar-refractivity contribution in [3.63, 3.8) is 0 Å². The van der Waals surface area contributed by atoms with Crippen molar-refractivity contribution < 1.29 is 5.11 Å². The van der Waals surface area contributed by atoms with Crippen molar-refractivity contribution in [1.29, 1.82) is 0 Å². The first kappa shape index (κ1) is 10.1. The van der Waals surface area contributed by atoms with Crippen LogP contribution < -0.4 is 0 Å². The summed E-state index contributed by atoms with van der Waals surface area (Å²) in [5, 5.41) is 9.80. The van der Waals surface area contributed by atoms with Crippen LogP contribution in [0.25, 0.3) is 0 Å². The van der Waals surface area contributed by atoms with E-state index in [1.165, 1.54) is 10.5 Å². The summed E-state index contributed by atoms with van der Waals surface area (Å²) in [4.78, 5) is 1.29. The van der Waals surface area contributed by atoms with Crippen molar-refractivity contribution in [3.05, 3.63) is 29.8 Å². The van der Waals surface area contributed by atoms with E-state index in [-0.39, 0.29) is 6.10 Å². The Kier molecular flexibility index (Phi) is 3.14. The third-order valence-electron chi connectivity index (χ3n) is 3.00. The van der Waals surface area contributed by atoms with E-state index in [0.717, 1.165) is 19.3 Å². The molecule has 1 aliphatic rings. The Morgan fingerprint density at radius 1 is 1.36 bits per heavy atom. The van der Waals surface area contributed by atoms with Gasteiger partial charge in [-0.05, 0) is 36.8 Å². The van der Waals surface area contributed by atoms with Gasteiger partial charge in [0.15, 0.2) is 0 Å². The first-order valence-electron chi connectivity index (χ1n) is 5.13. The Labute approximate surface area is 89.5 Å². The molecule has 1 fully saturated rings. The second-order valence-electron chi connectivity index (χ2n) is 3.88. The van der Waals surface area contributed by atoms with Crippen molar-refractivity contribution in [3.8, 4) is 0 Å². The number of aliphatic hydroxyl groups is 1. The second-order valence-corrected chi connectivity index (χ2v) is 4.76. The van der Waals surface area contributed by atoms with Crippen LogP contribution in [0.1, 0.15) is 30.7 Å². The lowest BCUT2D eigenvalue weighted by molar-refractivity contribution is 0.164. The van der Waals surface area contributed by atoms with Crippen LogP contribution in [0.5, 0.6) is 0 Å². The third kappa shape index (κ3) is 1.96. The molecule has 0 amide bonds. The van der Waals surface area contributed by atoms with Crippen LogP contribution in [-0.4, -0.2) is 17.5 Å². The summed E-state index contributed by atoms with van der Waals surface area (Å²) >= 11 is 1.76. The van der Waals surface area contributed by atoms with Gasteiger partial charge in [0.05, 0.1) is 6.10 Å². The number of benzene rings is 1. The third-order valence-corrected chi connectivity index (χ3v) is 3.73. The van der Waals surface area contributed by atoms with Gasteiger partial charge in [-0.3, -0.25) is 0 Å². The molecule has 0 spiro atoms. The van der Waals surface area contributed by atoms with Gasteiger partial charge in [0.1, 0.15) is 0 Å². The molecule has 0 heterocycles. The molecule has 14 heavy (non-hydrogen) atoms. The zero-order valence-electron chi connectivity index (χ0n) is 8.44. The van der Waals surface area contributed by atoms with E-state index in [1.54, 1.807) is 11.8 Å². The van der Waals surface area contributed by atoms with Crippen molar-refractivity contribution in [2.24, 2.45) is 0 Å². The van der Waals surface area contributed by atoms with E-state index in [1.807, 2.05) is 0 Å². The lowest BCUT2D eigenvalue weighted by atomic mass is 9.96. The average Bonchev–Trinajstić information content (AvgIpc) is 2.65. The zero-order chi connectivity index (χ0) is 9.97. The molecule has 1 aromatic rings. The molecule has 1 nitrogen and oxygen atoms in total. The number of hydrogen-bond acceptors (Lipinski definition) is 2. The smallest absolute Gasteiger partial charge is 0.0608 e. The lowest BCUT2D eigenvalue weighted by Crippen LogP contribution is -2.10. The Bertz CT molecular complexity index is 311. The number of aliphatic hydroxyl groups excluding tert-OH is 1. The molecule has 0 aromatic heterocycles. The standard InChI is InChI=1S/C12H16OS/c1-14-10-5-2-4-9(8-10)11-6-3-7-12(11)13/h2,4-5,8,11-13H,3,6-7H2,1H3/t11-,12-/m1/s1. The Hall–Kier alpha value is -0.470. The molecular formula is C12H16OS. The summed E-state index contributed by atoms with van der Waals surface area (Å²) in [5.41, 5.74) is 1.31. The van der Waals surface area contributed by atoms with Gasteiger partial charge in [0, 0.05) is 10.8 Å². The Balaban J connectivity index is 2.22. The summed E-state index contributed by atoms with van der Waals surface area (Å²) in [7, 11) is 0. The SMILES string of the molecule is CSc1cccc([C@H]2CCC[C@H]2O)c1. The van der Waals surface area contributed by atoms with Gasteiger partial charge in [-0.15, -0.1) is 11.8 Å². The highest BCUT2D eigenvalue weighted by molar-refractivity contribution is 7.98. The van der Waals surface area contributed by atoms with Crippen LogP contribution in [0.2, 0.25) is 0 Å². The van der Waals surface area contributed by atoms with Gasteiger partial charge >= 0.3 is 0 Å². The zero-order valence-corrected chi connectivity index (χ0v) is 9.26. The van der Waals surface area contributed by atoms with Gasteiger partial charge in [0.2, 0.25) is 0 Å². The van der Waals surface area contributed by atoms with Crippen molar-refractivity contribution in [2.45, 2.75) is 36.2 Å². The normalized spacial score (nSPS) is 26.7. The van der Waals surface area contributed by atoms with Crippen LogP contribution in [0, 0.1) is 0 Å². The highest BCUT2D eigenvalue weighted by Crippen LogP contribution is 2.35. The quantitative estimate of drug-likeness (QED) is 0.754. The van der Waals surface area contributed by atoms with E-state index in [2.05, 4.69) is 30.5 Å². The molecule has 0 saturated heterocycles. The fourth-order valence-electron chi connectivity index (χ4n) is 2.20. The monoisotopic (exact) mass is 208 g/mol. The van der Waals surface area contributed by atoms with E-state index in [4.69, 9.17) is 0 Å². The fraction of sp³-hybridized carbons (Fsp3) is 0.500. The van der Waals surface area contributed by atoms with Crippen molar-refractivity contribution in [2.75, 3.05) is 6.26 Å². The van der Waals surface area contributed by atoms with Crippen LogP contribution >= 0.6 is 11.8 Å². The number of thioether (sulfide) groups is 1. The molecule has 1 N–H and O–H groups in total. The summed E-state index contributed by atoms with van der Waals surface area (Å²) in [6, 6.07) is 8.56. The molecule has 0 aliphatic heterocycles. The fourth-order valence-corrected chi connectivity index (χ4v) is 2.67. The van der Waals surface area contributed by atoms with Crippen LogP contribution in [0.3, 0.4) is 0 Å². The van der Waals surface area contributed by atoms with Crippen LogP contribution in [0.4, 0.5) is 0 Å². The lowest BCUT2D eigenvalue weighted by Gasteiger charge is -2.15. The van der Waals surface area contributed by atoms with Gasteiger partial charge in [-0.1, -0.05) is 18.6 Å². The second kappa shape index (κ2) is 4.37. The largest absolute Gasteiger partial charge is 0.392 e. The molecule has 76 valence electrons. The van der Waals surface area contributed by atoms with E-state index in [0.29, 0.717) is 5.92 Å². The van der Waals surface area contributed by atoms with Gasteiger partial charge in [-0.25, -0.2) is 0 Å². The summed E-state index contributed by atoms with van der Waals surface area (Å²) in [6.07, 6.45) is 5.24.